The van der Waals surface area contributed by atoms with Gasteiger partial charge in [0.1, 0.15) is 5.76 Å². The van der Waals surface area contributed by atoms with Crippen LogP contribution in [0, 0.1) is 6.92 Å². The highest BCUT2D eigenvalue weighted by atomic mass is 16.3. The lowest BCUT2D eigenvalue weighted by atomic mass is 10.2. The zero-order valence-corrected chi connectivity index (χ0v) is 11.3. The van der Waals surface area contributed by atoms with E-state index in [0.29, 0.717) is 5.76 Å². The van der Waals surface area contributed by atoms with Crippen LogP contribution in [0.2, 0.25) is 0 Å². The third-order valence-electron chi connectivity index (χ3n) is 2.83. The first-order valence-electron chi connectivity index (χ1n) is 6.02. The molecular formula is C14H17N3O2. The third-order valence-corrected chi connectivity index (χ3v) is 2.83. The maximum Gasteiger partial charge on any atom is 0.232 e. The minimum Gasteiger partial charge on any atom is -0.448 e. The van der Waals surface area contributed by atoms with Crippen molar-refractivity contribution in [2.75, 3.05) is 24.3 Å². The molecule has 5 heteroatoms. The summed E-state index contributed by atoms with van der Waals surface area (Å²) in [5, 5.41) is 2.83. The number of nitrogens with zero attached hydrogens (tertiary/aromatic N) is 2. The second-order valence-electron chi connectivity index (χ2n) is 4.53. The number of rotatable bonds is 4. The fraction of sp³-hybridized carbons (Fsp3) is 0.286. The van der Waals surface area contributed by atoms with Gasteiger partial charge in [0, 0.05) is 25.5 Å². The van der Waals surface area contributed by atoms with Crippen molar-refractivity contribution in [3.8, 4) is 0 Å². The zero-order valence-electron chi connectivity index (χ0n) is 11.3. The van der Waals surface area contributed by atoms with Crippen molar-refractivity contribution in [3.05, 3.63) is 42.1 Å². The lowest BCUT2D eigenvalue weighted by Gasteiger charge is -2.12. The highest BCUT2D eigenvalue weighted by molar-refractivity contribution is 5.92. The van der Waals surface area contributed by atoms with E-state index in [-0.39, 0.29) is 12.3 Å². The van der Waals surface area contributed by atoms with Gasteiger partial charge in [-0.15, -0.1) is 0 Å². The van der Waals surface area contributed by atoms with Crippen LogP contribution in [0.15, 0.2) is 35.1 Å². The zero-order chi connectivity index (χ0) is 13.8. The molecule has 1 aromatic carbocycles. The SMILES string of the molecule is Cc1ncoc1CC(=O)Nc1ccc(N(C)C)cc1. The van der Waals surface area contributed by atoms with Crippen LogP contribution in [0.1, 0.15) is 11.5 Å². The molecule has 1 amide bonds. The van der Waals surface area contributed by atoms with E-state index >= 15 is 0 Å². The molecule has 1 N–H and O–H groups in total. The lowest BCUT2D eigenvalue weighted by Crippen LogP contribution is -2.15. The van der Waals surface area contributed by atoms with Gasteiger partial charge in [0.05, 0.1) is 12.1 Å². The van der Waals surface area contributed by atoms with Gasteiger partial charge in [-0.2, -0.15) is 0 Å². The molecule has 1 aromatic heterocycles. The number of nitrogens with one attached hydrogen (secondary N) is 1. The fourth-order valence-electron chi connectivity index (χ4n) is 1.69. The summed E-state index contributed by atoms with van der Waals surface area (Å²) in [6.07, 6.45) is 1.55. The molecule has 0 aliphatic heterocycles. The number of carbonyl (C=O) groups excluding carboxylic acids is 1. The first-order valence-corrected chi connectivity index (χ1v) is 6.02. The van der Waals surface area contributed by atoms with E-state index in [4.69, 9.17) is 4.42 Å². The molecule has 0 aliphatic carbocycles. The Morgan fingerprint density at radius 2 is 2.00 bits per heavy atom. The number of benzene rings is 1. The molecule has 0 spiro atoms. The van der Waals surface area contributed by atoms with Crippen molar-refractivity contribution >= 4 is 17.3 Å². The van der Waals surface area contributed by atoms with E-state index in [0.717, 1.165) is 17.1 Å². The van der Waals surface area contributed by atoms with Crippen molar-refractivity contribution in [2.45, 2.75) is 13.3 Å². The average molecular weight is 259 g/mol. The van der Waals surface area contributed by atoms with Gasteiger partial charge in [-0.05, 0) is 31.2 Å². The number of oxazole rings is 1. The maximum atomic E-state index is 11.8. The predicted octanol–water partition coefficient (Wildman–Crippen LogP) is 2.23. The molecule has 0 saturated heterocycles. The van der Waals surface area contributed by atoms with Crippen LogP contribution in [-0.4, -0.2) is 25.0 Å². The Morgan fingerprint density at radius 3 is 2.53 bits per heavy atom. The molecule has 2 rings (SSSR count). The van der Waals surface area contributed by atoms with Crippen molar-refractivity contribution < 1.29 is 9.21 Å². The summed E-state index contributed by atoms with van der Waals surface area (Å²) in [7, 11) is 3.94. The van der Waals surface area contributed by atoms with Gasteiger partial charge < -0.3 is 14.6 Å². The second kappa shape index (κ2) is 5.56. The smallest absolute Gasteiger partial charge is 0.232 e. The lowest BCUT2D eigenvalue weighted by molar-refractivity contribution is -0.115. The molecule has 19 heavy (non-hydrogen) atoms. The first-order chi connectivity index (χ1) is 9.06. The number of hydrogen-bond acceptors (Lipinski definition) is 4. The first kappa shape index (κ1) is 13.1. The summed E-state index contributed by atoms with van der Waals surface area (Å²) < 4.78 is 5.14. The highest BCUT2D eigenvalue weighted by Crippen LogP contribution is 2.16. The summed E-state index contributed by atoms with van der Waals surface area (Å²) >= 11 is 0. The van der Waals surface area contributed by atoms with E-state index in [1.165, 1.54) is 6.39 Å². The molecule has 0 aliphatic rings. The largest absolute Gasteiger partial charge is 0.448 e. The molecule has 0 radical (unpaired) electrons. The van der Waals surface area contributed by atoms with Gasteiger partial charge in [-0.3, -0.25) is 4.79 Å². The normalized spacial score (nSPS) is 10.3. The Balaban J connectivity index is 1.97. The van der Waals surface area contributed by atoms with Crippen LogP contribution < -0.4 is 10.2 Å². The number of aromatic nitrogens is 1. The van der Waals surface area contributed by atoms with Gasteiger partial charge in [-0.25, -0.2) is 4.98 Å². The third kappa shape index (κ3) is 3.34. The Bertz CT molecular complexity index is 558. The molecule has 0 saturated carbocycles. The maximum absolute atomic E-state index is 11.8. The van der Waals surface area contributed by atoms with Crippen LogP contribution >= 0.6 is 0 Å². The minimum atomic E-state index is -0.113. The van der Waals surface area contributed by atoms with Gasteiger partial charge >= 0.3 is 0 Å². The van der Waals surface area contributed by atoms with Crippen molar-refractivity contribution in [2.24, 2.45) is 0 Å². The Labute approximate surface area is 112 Å². The van der Waals surface area contributed by atoms with Gasteiger partial charge in [0.15, 0.2) is 6.39 Å². The monoisotopic (exact) mass is 259 g/mol. The van der Waals surface area contributed by atoms with E-state index < -0.39 is 0 Å². The van der Waals surface area contributed by atoms with Crippen LogP contribution in [0.3, 0.4) is 0 Å². The Morgan fingerprint density at radius 1 is 1.32 bits per heavy atom. The molecule has 5 nitrogen and oxygen atoms in total. The number of anilines is 2. The standard InChI is InChI=1S/C14H17N3O2/c1-10-13(19-9-15-10)8-14(18)16-11-4-6-12(7-5-11)17(2)3/h4-7,9H,8H2,1-3H3,(H,16,18). The topological polar surface area (TPSA) is 58.4 Å². The van der Waals surface area contributed by atoms with E-state index in [1.54, 1.807) is 0 Å². The number of hydrogen-bond donors (Lipinski definition) is 1. The molecule has 0 unspecified atom stereocenters. The van der Waals surface area contributed by atoms with Crippen molar-refractivity contribution in [1.82, 2.24) is 4.98 Å². The van der Waals surface area contributed by atoms with Crippen LogP contribution in [-0.2, 0) is 11.2 Å². The van der Waals surface area contributed by atoms with Gasteiger partial charge in [-0.1, -0.05) is 0 Å². The molecule has 0 bridgehead atoms. The van der Waals surface area contributed by atoms with E-state index in [9.17, 15) is 4.79 Å². The van der Waals surface area contributed by atoms with Crippen molar-refractivity contribution in [3.63, 3.8) is 0 Å². The fourth-order valence-corrected chi connectivity index (χ4v) is 1.69. The van der Waals surface area contributed by atoms with Crippen molar-refractivity contribution in [1.29, 1.82) is 0 Å². The molecule has 0 atom stereocenters. The van der Waals surface area contributed by atoms with Gasteiger partial charge in [0.25, 0.3) is 0 Å². The van der Waals surface area contributed by atoms with Crippen LogP contribution in [0.5, 0.6) is 0 Å². The molecule has 100 valence electrons. The van der Waals surface area contributed by atoms with E-state index in [1.807, 2.05) is 50.2 Å². The highest BCUT2D eigenvalue weighted by Gasteiger charge is 2.10. The average Bonchev–Trinajstić information content (AvgIpc) is 2.75. The summed E-state index contributed by atoms with van der Waals surface area (Å²) in [5.74, 6) is 0.486. The quantitative estimate of drug-likeness (QED) is 0.914. The number of carbonyl (C=O) groups is 1. The number of aryl methyl sites for hydroxylation is 1. The molecule has 2 aromatic rings. The summed E-state index contributed by atoms with van der Waals surface area (Å²) in [6.45, 7) is 1.82. The summed E-state index contributed by atoms with van der Waals surface area (Å²) in [4.78, 5) is 17.8. The van der Waals surface area contributed by atoms with Gasteiger partial charge in [0.2, 0.25) is 5.91 Å². The Kier molecular flexibility index (Phi) is 3.85. The molecule has 0 fully saturated rings. The molecular weight excluding hydrogens is 242 g/mol. The van der Waals surface area contributed by atoms with Crippen LogP contribution in [0.4, 0.5) is 11.4 Å². The predicted molar refractivity (Wildman–Crippen MR) is 74.3 cm³/mol. The van der Waals surface area contributed by atoms with E-state index in [2.05, 4.69) is 10.3 Å². The van der Waals surface area contributed by atoms with Crippen LogP contribution in [0.25, 0.3) is 0 Å². The molecule has 1 heterocycles. The second-order valence-corrected chi connectivity index (χ2v) is 4.53. The number of amides is 1. The summed E-state index contributed by atoms with van der Waals surface area (Å²) in [6, 6.07) is 7.66. The summed E-state index contributed by atoms with van der Waals surface area (Å²) in [5.41, 5.74) is 2.61. The minimum absolute atomic E-state index is 0.113. The Hall–Kier alpha value is -2.30.